The molecule has 1 aromatic heterocycles. The molecule has 88 valence electrons. The molecule has 6 nitrogen and oxygen atoms in total. The van der Waals surface area contributed by atoms with E-state index < -0.39 is 11.7 Å². The second-order valence-electron chi connectivity index (χ2n) is 3.16. The predicted octanol–water partition coefficient (Wildman–Crippen LogP) is 0.719. The van der Waals surface area contributed by atoms with Gasteiger partial charge < -0.3 is 10.5 Å². The maximum Gasteiger partial charge on any atom is 0.286 e. The lowest BCUT2D eigenvalue weighted by molar-refractivity contribution is 0.0818. The van der Waals surface area contributed by atoms with Crippen LogP contribution in [0, 0.1) is 5.82 Å². The standard InChI is InChI=1S/C10H9FN4O2/c11-7-3-1-2-4-8(7)17-5-9(16)15-6-13-10(12)14-15/h1-4,6H,5H2,(H2,12,14). The molecule has 17 heavy (non-hydrogen) atoms. The summed E-state index contributed by atoms with van der Waals surface area (Å²) >= 11 is 0. The number of anilines is 1. The van der Waals surface area contributed by atoms with Gasteiger partial charge in [0.15, 0.2) is 18.2 Å². The van der Waals surface area contributed by atoms with Crippen LogP contribution in [0.5, 0.6) is 5.75 Å². The fourth-order valence-corrected chi connectivity index (χ4v) is 1.16. The third-order valence-electron chi connectivity index (χ3n) is 1.95. The Labute approximate surface area is 95.8 Å². The summed E-state index contributed by atoms with van der Waals surface area (Å²) in [7, 11) is 0. The van der Waals surface area contributed by atoms with E-state index in [1.807, 2.05) is 0 Å². The normalized spacial score (nSPS) is 10.2. The van der Waals surface area contributed by atoms with Crippen LogP contribution < -0.4 is 10.5 Å². The molecule has 2 N–H and O–H groups in total. The Hall–Kier alpha value is -2.44. The number of carbonyl (C=O) groups excluding carboxylic acids is 1. The van der Waals surface area contributed by atoms with Crippen LogP contribution in [-0.4, -0.2) is 27.3 Å². The van der Waals surface area contributed by atoms with Gasteiger partial charge >= 0.3 is 0 Å². The van der Waals surface area contributed by atoms with E-state index in [1.165, 1.54) is 24.5 Å². The Kier molecular flexibility index (Phi) is 2.99. The second-order valence-corrected chi connectivity index (χ2v) is 3.16. The molecular formula is C10H9FN4O2. The molecule has 2 rings (SSSR count). The number of carbonyl (C=O) groups is 1. The third kappa shape index (κ3) is 2.57. The monoisotopic (exact) mass is 236 g/mol. The van der Waals surface area contributed by atoms with Gasteiger partial charge in [-0.3, -0.25) is 4.79 Å². The van der Waals surface area contributed by atoms with Crippen LogP contribution in [-0.2, 0) is 0 Å². The van der Waals surface area contributed by atoms with Crippen molar-refractivity contribution < 1.29 is 13.9 Å². The average molecular weight is 236 g/mol. The molecule has 7 heteroatoms. The topological polar surface area (TPSA) is 83.0 Å². The number of benzene rings is 1. The molecular weight excluding hydrogens is 227 g/mol. The number of hydrogen-bond donors (Lipinski definition) is 1. The molecule has 1 aromatic carbocycles. The van der Waals surface area contributed by atoms with Crippen LogP contribution in [0.3, 0.4) is 0 Å². The van der Waals surface area contributed by atoms with E-state index >= 15 is 0 Å². The minimum atomic E-state index is -0.529. The molecule has 0 bridgehead atoms. The van der Waals surface area contributed by atoms with E-state index in [0.717, 1.165) is 4.68 Å². The van der Waals surface area contributed by atoms with Crippen LogP contribution in [0.4, 0.5) is 10.3 Å². The van der Waals surface area contributed by atoms with E-state index in [0.29, 0.717) is 0 Å². The molecule has 0 aliphatic heterocycles. The highest BCUT2D eigenvalue weighted by Crippen LogP contribution is 2.15. The number of hydrogen-bond acceptors (Lipinski definition) is 5. The average Bonchev–Trinajstić information content (AvgIpc) is 2.74. The van der Waals surface area contributed by atoms with Gasteiger partial charge in [0.2, 0.25) is 5.95 Å². The zero-order valence-electron chi connectivity index (χ0n) is 8.71. The maximum absolute atomic E-state index is 13.2. The van der Waals surface area contributed by atoms with Crippen molar-refractivity contribution in [2.45, 2.75) is 0 Å². The Morgan fingerprint density at radius 3 is 2.88 bits per heavy atom. The predicted molar refractivity (Wildman–Crippen MR) is 57.0 cm³/mol. The van der Waals surface area contributed by atoms with Crippen LogP contribution >= 0.6 is 0 Å². The van der Waals surface area contributed by atoms with Gasteiger partial charge in [-0.05, 0) is 12.1 Å². The van der Waals surface area contributed by atoms with Crippen LogP contribution in [0.15, 0.2) is 30.6 Å². The third-order valence-corrected chi connectivity index (χ3v) is 1.95. The molecule has 0 fully saturated rings. The van der Waals surface area contributed by atoms with Crippen LogP contribution in [0.25, 0.3) is 0 Å². The van der Waals surface area contributed by atoms with Crippen molar-refractivity contribution in [1.82, 2.24) is 14.8 Å². The Balaban J connectivity index is 1.99. The van der Waals surface area contributed by atoms with E-state index in [9.17, 15) is 9.18 Å². The van der Waals surface area contributed by atoms with E-state index in [2.05, 4.69) is 10.1 Å². The number of nitrogen functional groups attached to an aromatic ring is 1. The van der Waals surface area contributed by atoms with Crippen molar-refractivity contribution in [2.24, 2.45) is 0 Å². The van der Waals surface area contributed by atoms with Gasteiger partial charge in [-0.1, -0.05) is 12.1 Å². The van der Waals surface area contributed by atoms with Crippen molar-refractivity contribution in [3.63, 3.8) is 0 Å². The van der Waals surface area contributed by atoms with Crippen molar-refractivity contribution >= 4 is 11.9 Å². The van der Waals surface area contributed by atoms with E-state index in [4.69, 9.17) is 10.5 Å². The molecule has 0 saturated heterocycles. The lowest BCUT2D eigenvalue weighted by atomic mass is 10.3. The number of halogens is 1. The smallest absolute Gasteiger partial charge is 0.286 e. The zero-order chi connectivity index (χ0) is 12.3. The molecule has 2 aromatic rings. The van der Waals surface area contributed by atoms with Gasteiger partial charge in [-0.2, -0.15) is 4.68 Å². The number of para-hydroxylation sites is 1. The minimum Gasteiger partial charge on any atom is -0.481 e. The summed E-state index contributed by atoms with van der Waals surface area (Å²) in [4.78, 5) is 15.1. The fourth-order valence-electron chi connectivity index (χ4n) is 1.16. The van der Waals surface area contributed by atoms with Gasteiger partial charge in [0.1, 0.15) is 6.33 Å². The Bertz CT molecular complexity index is 541. The second kappa shape index (κ2) is 4.60. The van der Waals surface area contributed by atoms with Crippen molar-refractivity contribution in [3.8, 4) is 5.75 Å². The van der Waals surface area contributed by atoms with Crippen molar-refractivity contribution in [1.29, 1.82) is 0 Å². The lowest BCUT2D eigenvalue weighted by Gasteiger charge is -2.05. The van der Waals surface area contributed by atoms with Gasteiger partial charge in [0, 0.05) is 0 Å². The summed E-state index contributed by atoms with van der Waals surface area (Å²) in [6.45, 7) is -0.344. The summed E-state index contributed by atoms with van der Waals surface area (Å²) in [6.07, 6.45) is 1.17. The van der Waals surface area contributed by atoms with Crippen molar-refractivity contribution in [3.05, 3.63) is 36.4 Å². The zero-order valence-corrected chi connectivity index (χ0v) is 8.71. The number of nitrogens with two attached hydrogens (primary N) is 1. The van der Waals surface area contributed by atoms with E-state index in [1.54, 1.807) is 6.07 Å². The molecule has 0 aliphatic rings. The minimum absolute atomic E-state index is 0.00828. The van der Waals surface area contributed by atoms with Gasteiger partial charge in [-0.15, -0.1) is 5.10 Å². The summed E-state index contributed by atoms with van der Waals surface area (Å²) in [5.74, 6) is -1.02. The van der Waals surface area contributed by atoms with Crippen molar-refractivity contribution in [2.75, 3.05) is 12.3 Å². The molecule has 0 radical (unpaired) electrons. The summed E-state index contributed by atoms with van der Waals surface area (Å²) in [5, 5.41) is 3.61. The highest BCUT2D eigenvalue weighted by atomic mass is 19.1. The molecule has 0 atom stereocenters. The Morgan fingerprint density at radius 1 is 1.47 bits per heavy atom. The first-order valence-electron chi connectivity index (χ1n) is 4.74. The van der Waals surface area contributed by atoms with Crippen LogP contribution in [0.1, 0.15) is 4.79 Å². The van der Waals surface area contributed by atoms with Gasteiger partial charge in [0.05, 0.1) is 0 Å². The van der Waals surface area contributed by atoms with Crippen LogP contribution in [0.2, 0.25) is 0 Å². The molecule has 0 amide bonds. The summed E-state index contributed by atoms with van der Waals surface area (Å²) in [6, 6.07) is 5.81. The molecule has 0 saturated carbocycles. The fraction of sp³-hybridized carbons (Fsp3) is 0.100. The largest absolute Gasteiger partial charge is 0.481 e. The maximum atomic E-state index is 13.2. The lowest BCUT2D eigenvalue weighted by Crippen LogP contribution is -2.20. The highest BCUT2D eigenvalue weighted by molar-refractivity contribution is 5.79. The first-order chi connectivity index (χ1) is 8.16. The van der Waals surface area contributed by atoms with E-state index in [-0.39, 0.29) is 18.3 Å². The summed E-state index contributed by atoms with van der Waals surface area (Å²) < 4.78 is 19.1. The molecule has 0 aliphatic carbocycles. The number of aromatic nitrogens is 3. The Morgan fingerprint density at radius 2 is 2.24 bits per heavy atom. The number of ether oxygens (including phenoxy) is 1. The summed E-state index contributed by atoms with van der Waals surface area (Å²) in [5.41, 5.74) is 5.25. The van der Waals surface area contributed by atoms with Gasteiger partial charge in [-0.25, -0.2) is 9.37 Å². The molecule has 1 heterocycles. The first-order valence-corrected chi connectivity index (χ1v) is 4.74. The first kappa shape index (κ1) is 11.1. The molecule has 0 spiro atoms. The number of rotatable bonds is 3. The number of nitrogens with zero attached hydrogens (tertiary/aromatic N) is 3. The SMILES string of the molecule is Nc1ncn(C(=O)COc2ccccc2F)n1. The highest BCUT2D eigenvalue weighted by Gasteiger charge is 2.09. The van der Waals surface area contributed by atoms with Gasteiger partial charge in [0.25, 0.3) is 5.91 Å². The quantitative estimate of drug-likeness (QED) is 0.848. The molecule has 0 unspecified atom stereocenters.